The summed E-state index contributed by atoms with van der Waals surface area (Å²) in [6.07, 6.45) is 2.02. The Balaban J connectivity index is 1.22. The molecule has 248 valence electrons. The minimum Gasteiger partial charge on any atom is -0.307 e. The van der Waals surface area contributed by atoms with Gasteiger partial charge in [0.25, 0.3) is 0 Å². The van der Waals surface area contributed by atoms with Gasteiger partial charge in [-0.25, -0.2) is 4.98 Å². The minimum absolute atomic E-state index is 0.627. The number of para-hydroxylation sites is 2. The number of hydrogen-bond acceptors (Lipinski definition) is 2. The first-order valence-corrected chi connectivity index (χ1v) is 17.8. The van der Waals surface area contributed by atoms with Crippen molar-refractivity contribution in [2.24, 2.45) is 0 Å². The van der Waals surface area contributed by atoms with Gasteiger partial charge in [-0.15, -0.1) is 0 Å². The summed E-state index contributed by atoms with van der Waals surface area (Å²) in [4.78, 5) is 5.26. The van der Waals surface area contributed by atoms with Crippen LogP contribution in [0.3, 0.4) is 0 Å². The van der Waals surface area contributed by atoms with E-state index < -0.39 is 0 Å². The van der Waals surface area contributed by atoms with Crippen molar-refractivity contribution in [3.05, 3.63) is 187 Å². The lowest BCUT2D eigenvalue weighted by atomic mass is 10.0. The van der Waals surface area contributed by atoms with Crippen LogP contribution in [0.25, 0.3) is 88.5 Å². The van der Waals surface area contributed by atoms with Crippen LogP contribution in [0.15, 0.2) is 176 Å². The van der Waals surface area contributed by atoms with E-state index in [1.165, 1.54) is 49.4 Å². The van der Waals surface area contributed by atoms with Crippen LogP contribution < -0.4 is 0 Å². The average Bonchev–Trinajstić information content (AvgIpc) is 3.73. The summed E-state index contributed by atoms with van der Waals surface area (Å²) in [6, 6.07) is 62.3. The van der Waals surface area contributed by atoms with Crippen LogP contribution in [0.4, 0.5) is 0 Å². The molecule has 10 rings (SSSR count). The first-order valence-electron chi connectivity index (χ1n) is 17.8. The first kappa shape index (κ1) is 30.6. The van der Waals surface area contributed by atoms with E-state index in [0.29, 0.717) is 5.56 Å². The summed E-state index contributed by atoms with van der Waals surface area (Å²) in [7, 11) is 0. The van der Waals surface area contributed by atoms with Gasteiger partial charge in [0.05, 0.1) is 45.6 Å². The molecule has 53 heavy (non-hydrogen) atoms. The molecule has 0 aliphatic carbocycles. The van der Waals surface area contributed by atoms with E-state index in [1.807, 2.05) is 30.5 Å². The van der Waals surface area contributed by atoms with Gasteiger partial charge in [0.1, 0.15) is 5.82 Å². The maximum absolute atomic E-state index is 9.65. The Morgan fingerprint density at radius 2 is 0.962 bits per heavy atom. The van der Waals surface area contributed by atoms with Gasteiger partial charge >= 0.3 is 0 Å². The van der Waals surface area contributed by atoms with Crippen LogP contribution in [0.5, 0.6) is 0 Å². The highest BCUT2D eigenvalue weighted by Gasteiger charge is 2.20. The number of aryl methyl sites for hydroxylation is 1. The molecule has 0 radical (unpaired) electrons. The van der Waals surface area contributed by atoms with Gasteiger partial charge in [-0.1, -0.05) is 121 Å². The molecular formula is C49H32N4. The molecule has 0 N–H and O–H groups in total. The van der Waals surface area contributed by atoms with Crippen molar-refractivity contribution in [1.29, 1.82) is 5.26 Å². The van der Waals surface area contributed by atoms with Crippen LogP contribution in [0.2, 0.25) is 0 Å². The fourth-order valence-corrected chi connectivity index (χ4v) is 7.88. The van der Waals surface area contributed by atoms with Gasteiger partial charge < -0.3 is 4.57 Å². The van der Waals surface area contributed by atoms with E-state index in [-0.39, 0.29) is 0 Å². The normalized spacial score (nSPS) is 11.5. The number of benzene rings is 7. The fourth-order valence-electron chi connectivity index (χ4n) is 7.88. The molecule has 0 unspecified atom stereocenters. The lowest BCUT2D eigenvalue weighted by Crippen LogP contribution is -2.03. The Morgan fingerprint density at radius 3 is 1.60 bits per heavy atom. The van der Waals surface area contributed by atoms with Crippen LogP contribution in [-0.2, 0) is 0 Å². The van der Waals surface area contributed by atoms with Gasteiger partial charge in [-0.05, 0) is 89.3 Å². The molecule has 10 aromatic rings. The van der Waals surface area contributed by atoms with Gasteiger partial charge in [-0.3, -0.25) is 4.57 Å². The molecule has 0 bridgehead atoms. The molecular weight excluding hydrogens is 645 g/mol. The molecule has 0 spiro atoms. The van der Waals surface area contributed by atoms with Crippen molar-refractivity contribution in [3.63, 3.8) is 0 Å². The Morgan fingerprint density at radius 1 is 0.453 bits per heavy atom. The third kappa shape index (κ3) is 5.02. The highest BCUT2D eigenvalue weighted by molar-refractivity contribution is 6.12. The highest BCUT2D eigenvalue weighted by Crippen LogP contribution is 2.40. The molecule has 4 nitrogen and oxygen atoms in total. The summed E-state index contributed by atoms with van der Waals surface area (Å²) in [5.74, 6) is 0.828. The molecule has 7 aromatic carbocycles. The minimum atomic E-state index is 0.627. The fraction of sp³-hybridized carbons (Fsp3) is 0.0204. The monoisotopic (exact) mass is 676 g/mol. The Hall–Kier alpha value is -7.22. The molecule has 0 atom stereocenters. The number of aromatic nitrogens is 3. The largest absolute Gasteiger partial charge is 0.307 e. The van der Waals surface area contributed by atoms with Gasteiger partial charge in [0.2, 0.25) is 0 Å². The maximum atomic E-state index is 9.65. The smallest absolute Gasteiger partial charge is 0.138 e. The van der Waals surface area contributed by atoms with Gasteiger partial charge in [0, 0.05) is 27.1 Å². The van der Waals surface area contributed by atoms with Crippen LogP contribution in [0.1, 0.15) is 11.1 Å². The average molecular weight is 677 g/mol. The molecule has 3 heterocycles. The highest BCUT2D eigenvalue weighted by atomic mass is 15.1. The van der Waals surface area contributed by atoms with E-state index >= 15 is 0 Å². The number of fused-ring (bicyclic) bond motifs is 6. The number of nitriles is 1. The van der Waals surface area contributed by atoms with Crippen LogP contribution >= 0.6 is 0 Å². The van der Waals surface area contributed by atoms with Gasteiger partial charge in [0.15, 0.2) is 0 Å². The zero-order chi connectivity index (χ0) is 35.5. The molecule has 0 fully saturated rings. The predicted molar refractivity (Wildman–Crippen MR) is 219 cm³/mol. The van der Waals surface area contributed by atoms with Crippen LogP contribution in [-0.4, -0.2) is 14.1 Å². The second-order valence-electron chi connectivity index (χ2n) is 13.6. The number of pyridine rings is 1. The second-order valence-corrected chi connectivity index (χ2v) is 13.6. The number of rotatable bonds is 5. The van der Waals surface area contributed by atoms with E-state index in [4.69, 9.17) is 4.98 Å². The third-order valence-corrected chi connectivity index (χ3v) is 10.5. The Labute approximate surface area is 307 Å². The standard InChI is InChI=1S/C49H32N4/c1-32-15-19-35(20-16-32)38-24-26-47-43(28-38)40-12-6-8-14-45(40)53(47)49-29-41(36-21-17-33(30-50)18-22-36)48(31-51-49)52-44-13-7-5-11-39(44)42-27-37(23-25-46(42)52)34-9-3-2-4-10-34/h2-29,31H,1H3. The SMILES string of the molecule is Cc1ccc(-c2ccc3c(c2)c2ccccc2n3-c2cc(-c3ccc(C#N)cc3)c(-n3c4ccccc4c4cc(-c5ccccc5)ccc43)cn2)cc1. The Kier molecular flexibility index (Phi) is 7.06. The molecule has 4 heteroatoms. The summed E-state index contributed by atoms with van der Waals surface area (Å²) < 4.78 is 4.61. The summed E-state index contributed by atoms with van der Waals surface area (Å²) in [5, 5.41) is 14.4. The second kappa shape index (κ2) is 12.2. The van der Waals surface area contributed by atoms with Crippen molar-refractivity contribution >= 4 is 43.6 Å². The zero-order valence-corrected chi connectivity index (χ0v) is 29.0. The van der Waals surface area contributed by atoms with Crippen molar-refractivity contribution in [2.45, 2.75) is 6.92 Å². The zero-order valence-electron chi connectivity index (χ0n) is 29.0. The topological polar surface area (TPSA) is 46.5 Å². The van der Waals surface area contributed by atoms with Crippen molar-refractivity contribution in [3.8, 4) is 51.0 Å². The maximum Gasteiger partial charge on any atom is 0.138 e. The number of nitrogens with zero attached hydrogens (tertiary/aromatic N) is 4. The quantitative estimate of drug-likeness (QED) is 0.182. The summed E-state index contributed by atoms with van der Waals surface area (Å²) >= 11 is 0. The molecule has 3 aromatic heterocycles. The Bertz CT molecular complexity index is 3050. The lowest BCUT2D eigenvalue weighted by molar-refractivity contribution is 1.06. The lowest BCUT2D eigenvalue weighted by Gasteiger charge is -2.16. The van der Waals surface area contributed by atoms with E-state index in [1.54, 1.807) is 0 Å². The van der Waals surface area contributed by atoms with Crippen molar-refractivity contribution < 1.29 is 0 Å². The molecule has 0 saturated heterocycles. The third-order valence-electron chi connectivity index (χ3n) is 10.5. The molecule has 0 aliphatic heterocycles. The molecule has 0 amide bonds. The van der Waals surface area contributed by atoms with Crippen LogP contribution in [0, 0.1) is 18.3 Å². The number of hydrogen-bond donors (Lipinski definition) is 0. The molecule has 0 saturated carbocycles. The van der Waals surface area contributed by atoms with Crippen molar-refractivity contribution in [2.75, 3.05) is 0 Å². The first-order chi connectivity index (χ1) is 26.1. The summed E-state index contributed by atoms with van der Waals surface area (Å²) in [6.45, 7) is 2.12. The van der Waals surface area contributed by atoms with E-state index in [2.05, 4.69) is 168 Å². The predicted octanol–water partition coefficient (Wildman–Crippen LogP) is 12.5. The molecule has 0 aliphatic rings. The van der Waals surface area contributed by atoms with Gasteiger partial charge in [-0.2, -0.15) is 5.26 Å². The van der Waals surface area contributed by atoms with Crippen molar-refractivity contribution in [1.82, 2.24) is 14.1 Å². The van der Waals surface area contributed by atoms with E-state index in [9.17, 15) is 5.26 Å². The summed E-state index contributed by atoms with van der Waals surface area (Å²) in [5.41, 5.74) is 14.0. The van der Waals surface area contributed by atoms with E-state index in [0.717, 1.165) is 44.7 Å².